The van der Waals surface area contributed by atoms with E-state index in [1.54, 1.807) is 60.7 Å². The normalized spacial score (nSPS) is 10.7. The zero-order valence-electron chi connectivity index (χ0n) is 16.7. The average Bonchev–Trinajstić information content (AvgIpc) is 2.78. The van der Waals surface area contributed by atoms with Crippen molar-refractivity contribution in [3.05, 3.63) is 93.5 Å². The van der Waals surface area contributed by atoms with E-state index in [0.29, 0.717) is 44.0 Å². The van der Waals surface area contributed by atoms with Crippen LogP contribution in [0.4, 0.5) is 0 Å². The number of esters is 1. The van der Waals surface area contributed by atoms with Crippen LogP contribution in [0.5, 0.6) is 17.2 Å². The lowest BCUT2D eigenvalue weighted by Crippen LogP contribution is -2.09. The van der Waals surface area contributed by atoms with Gasteiger partial charge < -0.3 is 14.2 Å². The Morgan fingerprint density at radius 3 is 2.13 bits per heavy atom. The van der Waals surface area contributed by atoms with Crippen molar-refractivity contribution in [3.8, 4) is 17.2 Å². The van der Waals surface area contributed by atoms with E-state index >= 15 is 0 Å². The topological polar surface area (TPSA) is 61.8 Å². The van der Waals surface area contributed by atoms with Gasteiger partial charge in [0.2, 0.25) is 0 Å². The molecular weight excluding hydrogens is 439 g/mol. The molecule has 3 aromatic carbocycles. The zero-order valence-corrected chi connectivity index (χ0v) is 18.2. The van der Waals surface area contributed by atoms with Crippen LogP contribution < -0.4 is 14.2 Å². The van der Waals surface area contributed by atoms with E-state index in [9.17, 15) is 9.59 Å². The molecule has 0 spiro atoms. The first-order chi connectivity index (χ1) is 14.9. The summed E-state index contributed by atoms with van der Waals surface area (Å²) >= 11 is 12.0. The minimum absolute atomic E-state index is 0.219. The maximum Gasteiger partial charge on any atom is 0.343 e. The van der Waals surface area contributed by atoms with Crippen molar-refractivity contribution in [2.24, 2.45) is 0 Å². The van der Waals surface area contributed by atoms with Crippen LogP contribution in [0.25, 0.3) is 6.08 Å². The highest BCUT2D eigenvalue weighted by Crippen LogP contribution is 2.28. The number of carbonyl (C=O) groups is 2. The van der Waals surface area contributed by atoms with Gasteiger partial charge in [-0.25, -0.2) is 4.79 Å². The van der Waals surface area contributed by atoms with Gasteiger partial charge in [-0.05, 0) is 72.3 Å². The zero-order chi connectivity index (χ0) is 22.4. The lowest BCUT2D eigenvalue weighted by atomic mass is 10.1. The second-order valence-corrected chi connectivity index (χ2v) is 7.19. The summed E-state index contributed by atoms with van der Waals surface area (Å²) in [5.41, 5.74) is 1.42. The lowest BCUT2D eigenvalue weighted by Gasteiger charge is -2.09. The summed E-state index contributed by atoms with van der Waals surface area (Å²) in [7, 11) is 3.00. The molecule has 0 saturated heterocycles. The Morgan fingerprint density at radius 1 is 0.806 bits per heavy atom. The fraction of sp³-hybridized carbons (Fsp3) is 0.0833. The van der Waals surface area contributed by atoms with Crippen LogP contribution >= 0.6 is 23.2 Å². The van der Waals surface area contributed by atoms with Crippen LogP contribution in [0.15, 0.2) is 66.7 Å². The van der Waals surface area contributed by atoms with Crippen molar-refractivity contribution in [2.75, 3.05) is 14.2 Å². The summed E-state index contributed by atoms with van der Waals surface area (Å²) in [6.07, 6.45) is 3.03. The van der Waals surface area contributed by atoms with Gasteiger partial charge in [-0.2, -0.15) is 0 Å². The van der Waals surface area contributed by atoms with Crippen molar-refractivity contribution >= 4 is 41.0 Å². The smallest absolute Gasteiger partial charge is 0.343 e. The number of benzene rings is 3. The van der Waals surface area contributed by atoms with Gasteiger partial charge in [-0.1, -0.05) is 29.3 Å². The predicted octanol–water partition coefficient (Wildman–Crippen LogP) is 6.13. The van der Waals surface area contributed by atoms with Gasteiger partial charge in [0.25, 0.3) is 0 Å². The first-order valence-corrected chi connectivity index (χ1v) is 9.88. The number of halogens is 2. The fourth-order valence-corrected chi connectivity index (χ4v) is 3.19. The number of hydrogen-bond acceptors (Lipinski definition) is 5. The van der Waals surface area contributed by atoms with Crippen LogP contribution in [0.3, 0.4) is 0 Å². The van der Waals surface area contributed by atoms with Crippen molar-refractivity contribution in [2.45, 2.75) is 0 Å². The van der Waals surface area contributed by atoms with Gasteiger partial charge in [0.1, 0.15) is 5.75 Å². The molecule has 0 aliphatic heterocycles. The fourth-order valence-electron chi connectivity index (χ4n) is 2.71. The molecule has 5 nitrogen and oxygen atoms in total. The molecule has 0 radical (unpaired) electrons. The SMILES string of the molecule is COc1ccc(C(=O)Oc2ccc(C(=O)/C=C/c3ccc(Cl)cc3Cl)cc2)cc1OC. The molecule has 0 fully saturated rings. The van der Waals surface area contributed by atoms with Gasteiger partial charge in [0.05, 0.1) is 19.8 Å². The Balaban J connectivity index is 1.67. The standard InChI is InChI=1S/C24H18Cl2O5/c1-29-22-12-7-17(13-23(22)30-2)24(28)31-19-9-4-16(5-10-19)21(27)11-6-15-3-8-18(25)14-20(15)26/h3-14H,1-2H3/b11-6+. The molecule has 0 amide bonds. The molecule has 3 rings (SSSR count). The number of carbonyl (C=O) groups excluding carboxylic acids is 2. The van der Waals surface area contributed by atoms with Crippen LogP contribution in [0.1, 0.15) is 26.3 Å². The van der Waals surface area contributed by atoms with Crippen LogP contribution in [-0.2, 0) is 0 Å². The maximum atomic E-state index is 12.4. The first-order valence-electron chi connectivity index (χ1n) is 9.13. The summed E-state index contributed by atoms with van der Waals surface area (Å²) in [6, 6.07) is 16.0. The molecule has 0 aromatic heterocycles. The third kappa shape index (κ3) is 5.66. The van der Waals surface area contributed by atoms with Crippen LogP contribution in [0.2, 0.25) is 10.0 Å². The number of ketones is 1. The second kappa shape index (κ2) is 10.2. The van der Waals surface area contributed by atoms with E-state index < -0.39 is 5.97 Å². The van der Waals surface area contributed by atoms with Gasteiger partial charge >= 0.3 is 5.97 Å². The van der Waals surface area contributed by atoms with Crippen molar-refractivity contribution in [1.82, 2.24) is 0 Å². The molecule has 0 atom stereocenters. The predicted molar refractivity (Wildman–Crippen MR) is 121 cm³/mol. The Kier molecular flexibility index (Phi) is 7.34. The number of allylic oxidation sites excluding steroid dienone is 1. The van der Waals surface area contributed by atoms with E-state index in [2.05, 4.69) is 0 Å². The van der Waals surface area contributed by atoms with Crippen molar-refractivity contribution in [1.29, 1.82) is 0 Å². The van der Waals surface area contributed by atoms with E-state index in [-0.39, 0.29) is 5.78 Å². The highest BCUT2D eigenvalue weighted by Gasteiger charge is 2.13. The largest absolute Gasteiger partial charge is 0.493 e. The van der Waals surface area contributed by atoms with Gasteiger partial charge in [0.15, 0.2) is 17.3 Å². The van der Waals surface area contributed by atoms with E-state index in [0.717, 1.165) is 0 Å². The average molecular weight is 457 g/mol. The minimum atomic E-state index is -0.558. The van der Waals surface area contributed by atoms with E-state index in [4.69, 9.17) is 37.4 Å². The molecule has 0 unspecified atom stereocenters. The molecule has 158 valence electrons. The minimum Gasteiger partial charge on any atom is -0.493 e. The van der Waals surface area contributed by atoms with E-state index in [1.165, 1.54) is 26.4 Å². The molecule has 0 aliphatic carbocycles. The molecule has 0 N–H and O–H groups in total. The quantitative estimate of drug-likeness (QED) is 0.185. The Morgan fingerprint density at radius 2 is 1.48 bits per heavy atom. The number of hydrogen-bond donors (Lipinski definition) is 0. The Bertz CT molecular complexity index is 1140. The van der Waals surface area contributed by atoms with E-state index in [1.807, 2.05) is 0 Å². The summed E-state index contributed by atoms with van der Waals surface area (Å²) in [6.45, 7) is 0. The molecule has 0 aliphatic rings. The van der Waals surface area contributed by atoms with Crippen molar-refractivity contribution in [3.63, 3.8) is 0 Å². The third-order valence-electron chi connectivity index (χ3n) is 4.35. The number of rotatable bonds is 7. The summed E-state index contributed by atoms with van der Waals surface area (Å²) in [4.78, 5) is 24.8. The molecule has 3 aromatic rings. The third-order valence-corrected chi connectivity index (χ3v) is 4.91. The van der Waals surface area contributed by atoms with Crippen LogP contribution in [0, 0.1) is 0 Å². The lowest BCUT2D eigenvalue weighted by molar-refractivity contribution is 0.0734. The molecule has 7 heteroatoms. The number of ether oxygens (including phenoxy) is 3. The Hall–Kier alpha value is -3.28. The maximum absolute atomic E-state index is 12.4. The highest BCUT2D eigenvalue weighted by atomic mass is 35.5. The summed E-state index contributed by atoms with van der Waals surface area (Å²) in [5.74, 6) is 0.461. The first kappa shape index (κ1) is 22.4. The van der Waals surface area contributed by atoms with Crippen LogP contribution in [-0.4, -0.2) is 26.0 Å². The van der Waals surface area contributed by atoms with Crippen molar-refractivity contribution < 1.29 is 23.8 Å². The molecule has 0 bridgehead atoms. The molecule has 31 heavy (non-hydrogen) atoms. The van der Waals surface area contributed by atoms with Gasteiger partial charge in [-0.15, -0.1) is 0 Å². The molecule has 0 heterocycles. The molecule has 0 saturated carbocycles. The molecular formula is C24H18Cl2O5. The summed E-state index contributed by atoms with van der Waals surface area (Å²) < 4.78 is 15.7. The monoisotopic (exact) mass is 456 g/mol. The number of methoxy groups -OCH3 is 2. The Labute approximate surface area is 189 Å². The highest BCUT2D eigenvalue weighted by molar-refractivity contribution is 6.35. The second-order valence-electron chi connectivity index (χ2n) is 6.35. The van der Waals surface area contributed by atoms with Gasteiger partial charge in [-0.3, -0.25) is 4.79 Å². The summed E-state index contributed by atoms with van der Waals surface area (Å²) in [5, 5.41) is 0.973. The van der Waals surface area contributed by atoms with Gasteiger partial charge in [0, 0.05) is 15.6 Å².